The average molecular weight is 366 g/mol. The molecule has 7 heteroatoms. The Bertz CT molecular complexity index is 1150. The molecule has 0 amide bonds. The van der Waals surface area contributed by atoms with Crippen LogP contribution in [0.15, 0.2) is 59.4 Å². The van der Waals surface area contributed by atoms with E-state index < -0.39 is 0 Å². The lowest BCUT2D eigenvalue weighted by Gasteiger charge is -2.06. The predicted molar refractivity (Wildman–Crippen MR) is 103 cm³/mol. The van der Waals surface area contributed by atoms with Crippen LogP contribution in [0.5, 0.6) is 0 Å². The van der Waals surface area contributed by atoms with E-state index in [1.807, 2.05) is 55.5 Å². The monoisotopic (exact) mass is 365 g/mol. The number of hydrogen-bond acceptors (Lipinski definition) is 4. The largest absolute Gasteiger partial charge is 0.379 e. The maximum absolute atomic E-state index is 12.4. The van der Waals surface area contributed by atoms with Gasteiger partial charge in [0, 0.05) is 28.0 Å². The molecule has 0 saturated carbocycles. The van der Waals surface area contributed by atoms with Gasteiger partial charge in [0.2, 0.25) is 5.78 Å². The Hall–Kier alpha value is -3.12. The van der Waals surface area contributed by atoms with Crippen molar-refractivity contribution in [1.29, 1.82) is 0 Å². The molecule has 130 valence electrons. The molecule has 2 heterocycles. The summed E-state index contributed by atoms with van der Waals surface area (Å²) in [5.74, 6) is 0.930. The molecule has 0 aliphatic carbocycles. The Labute approximate surface area is 154 Å². The minimum atomic E-state index is -0.229. The standard InChI is InChI=1S/C19H16ClN5O/c1-12-4-2-5-13(8-12)18-23-19-22-16(10-17(26)25(19)24-18)11-21-15-7-3-6-14(20)9-15/h2-10,21H,11H2,1H3,(H,22,23,24). The van der Waals surface area contributed by atoms with Crippen LogP contribution in [0, 0.1) is 6.92 Å². The first-order chi connectivity index (χ1) is 12.6. The van der Waals surface area contributed by atoms with Gasteiger partial charge < -0.3 is 10.3 Å². The van der Waals surface area contributed by atoms with Crippen LogP contribution < -0.4 is 10.9 Å². The molecule has 2 aromatic heterocycles. The van der Waals surface area contributed by atoms with Crippen molar-refractivity contribution in [1.82, 2.24) is 19.6 Å². The number of hydrogen-bond donors (Lipinski definition) is 2. The van der Waals surface area contributed by atoms with E-state index in [2.05, 4.69) is 20.4 Å². The Morgan fingerprint density at radius 2 is 2.00 bits per heavy atom. The molecule has 0 aliphatic heterocycles. The first-order valence-corrected chi connectivity index (χ1v) is 8.52. The van der Waals surface area contributed by atoms with Crippen LogP contribution in [-0.4, -0.2) is 19.6 Å². The summed E-state index contributed by atoms with van der Waals surface area (Å²) in [5, 5.41) is 8.20. The van der Waals surface area contributed by atoms with Crippen molar-refractivity contribution in [2.24, 2.45) is 0 Å². The highest BCUT2D eigenvalue weighted by molar-refractivity contribution is 6.30. The van der Waals surface area contributed by atoms with Crippen LogP contribution in [-0.2, 0) is 6.54 Å². The number of nitrogens with one attached hydrogen (secondary N) is 2. The second-order valence-corrected chi connectivity index (χ2v) is 6.47. The number of nitrogens with zero attached hydrogens (tertiary/aromatic N) is 3. The van der Waals surface area contributed by atoms with Gasteiger partial charge in [0.25, 0.3) is 5.56 Å². The van der Waals surface area contributed by atoms with E-state index in [0.29, 0.717) is 28.9 Å². The molecule has 2 aromatic carbocycles. The third-order valence-corrected chi connectivity index (χ3v) is 4.20. The lowest BCUT2D eigenvalue weighted by atomic mass is 10.1. The predicted octanol–water partition coefficient (Wildman–Crippen LogP) is 3.66. The van der Waals surface area contributed by atoms with Crippen molar-refractivity contribution in [2.45, 2.75) is 13.5 Å². The summed E-state index contributed by atoms with van der Waals surface area (Å²) in [5.41, 5.74) is 3.35. The zero-order chi connectivity index (χ0) is 18.1. The second-order valence-electron chi connectivity index (χ2n) is 6.04. The third-order valence-electron chi connectivity index (χ3n) is 3.97. The smallest absolute Gasteiger partial charge is 0.275 e. The summed E-state index contributed by atoms with van der Waals surface area (Å²) in [4.78, 5) is 20.0. The first-order valence-electron chi connectivity index (χ1n) is 8.14. The van der Waals surface area contributed by atoms with Crippen LogP contribution in [0.4, 0.5) is 5.69 Å². The zero-order valence-electron chi connectivity index (χ0n) is 14.0. The molecule has 0 aliphatic rings. The molecule has 0 radical (unpaired) electrons. The van der Waals surface area contributed by atoms with Crippen molar-refractivity contribution >= 4 is 23.1 Å². The number of benzene rings is 2. The van der Waals surface area contributed by atoms with Gasteiger partial charge in [-0.25, -0.2) is 0 Å². The van der Waals surface area contributed by atoms with Crippen LogP contribution in [0.3, 0.4) is 0 Å². The molecule has 0 saturated heterocycles. The summed E-state index contributed by atoms with van der Waals surface area (Å²) in [6.07, 6.45) is 0. The summed E-state index contributed by atoms with van der Waals surface area (Å²) in [6.45, 7) is 2.45. The van der Waals surface area contributed by atoms with E-state index in [1.165, 1.54) is 10.6 Å². The van der Waals surface area contributed by atoms with Crippen molar-refractivity contribution < 1.29 is 0 Å². The minimum absolute atomic E-state index is 0.229. The van der Waals surface area contributed by atoms with Crippen LogP contribution in [0.25, 0.3) is 17.2 Å². The highest BCUT2D eigenvalue weighted by Gasteiger charge is 2.10. The quantitative estimate of drug-likeness (QED) is 0.578. The molecule has 2 N–H and O–H groups in total. The van der Waals surface area contributed by atoms with Crippen LogP contribution >= 0.6 is 11.6 Å². The van der Waals surface area contributed by atoms with Gasteiger partial charge in [-0.15, -0.1) is 5.10 Å². The van der Waals surface area contributed by atoms with Gasteiger partial charge in [-0.3, -0.25) is 4.79 Å². The highest BCUT2D eigenvalue weighted by Crippen LogP contribution is 2.17. The Morgan fingerprint density at radius 3 is 2.81 bits per heavy atom. The molecule has 4 rings (SSSR count). The molecular formula is C19H16ClN5O. The van der Waals surface area contributed by atoms with Gasteiger partial charge in [-0.2, -0.15) is 9.50 Å². The number of halogens is 1. The van der Waals surface area contributed by atoms with Gasteiger partial charge >= 0.3 is 0 Å². The number of aromatic nitrogens is 4. The van der Waals surface area contributed by atoms with Crippen LogP contribution in [0.1, 0.15) is 11.3 Å². The zero-order valence-corrected chi connectivity index (χ0v) is 14.8. The normalized spacial score (nSPS) is 11.0. The summed E-state index contributed by atoms with van der Waals surface area (Å²) in [6, 6.07) is 16.8. The Balaban J connectivity index is 1.65. The van der Waals surface area contributed by atoms with E-state index in [1.54, 1.807) is 0 Å². The van der Waals surface area contributed by atoms with Crippen molar-refractivity contribution in [3.05, 3.63) is 81.2 Å². The number of fused-ring (bicyclic) bond motifs is 1. The Morgan fingerprint density at radius 1 is 1.15 bits per heavy atom. The Kier molecular flexibility index (Phi) is 4.18. The SMILES string of the molecule is Cc1cccc(-c2nc3[nH]c(CNc4cccc(Cl)c4)cc(=O)n3n2)c1. The second kappa shape index (κ2) is 6.65. The number of rotatable bonds is 4. The number of aryl methyl sites for hydroxylation is 1. The maximum atomic E-state index is 12.4. The van der Waals surface area contributed by atoms with Gasteiger partial charge in [-0.05, 0) is 31.2 Å². The van der Waals surface area contributed by atoms with Crippen molar-refractivity contribution in [2.75, 3.05) is 5.32 Å². The van der Waals surface area contributed by atoms with E-state index >= 15 is 0 Å². The van der Waals surface area contributed by atoms with Gasteiger partial charge in [0.1, 0.15) is 0 Å². The highest BCUT2D eigenvalue weighted by atomic mass is 35.5. The fourth-order valence-corrected chi connectivity index (χ4v) is 2.92. The molecule has 6 nitrogen and oxygen atoms in total. The maximum Gasteiger partial charge on any atom is 0.275 e. The molecule has 0 atom stereocenters. The molecule has 0 unspecified atom stereocenters. The van der Waals surface area contributed by atoms with E-state index in [4.69, 9.17) is 11.6 Å². The van der Waals surface area contributed by atoms with Crippen molar-refractivity contribution in [3.8, 4) is 11.4 Å². The summed E-state index contributed by atoms with van der Waals surface area (Å²) < 4.78 is 1.28. The molecule has 0 fully saturated rings. The molecule has 26 heavy (non-hydrogen) atoms. The van der Waals surface area contributed by atoms with Gasteiger partial charge in [0.15, 0.2) is 5.82 Å². The number of aromatic amines is 1. The van der Waals surface area contributed by atoms with Crippen molar-refractivity contribution in [3.63, 3.8) is 0 Å². The topological polar surface area (TPSA) is 75.1 Å². The van der Waals surface area contributed by atoms with E-state index in [0.717, 1.165) is 16.8 Å². The van der Waals surface area contributed by atoms with Gasteiger partial charge in [-0.1, -0.05) is 41.4 Å². The summed E-state index contributed by atoms with van der Waals surface area (Å²) in [7, 11) is 0. The molecular weight excluding hydrogens is 350 g/mol. The average Bonchev–Trinajstić information content (AvgIpc) is 3.05. The number of H-pyrrole nitrogens is 1. The fraction of sp³-hybridized carbons (Fsp3) is 0.105. The molecule has 0 spiro atoms. The van der Waals surface area contributed by atoms with Gasteiger partial charge in [0.05, 0.1) is 6.54 Å². The first kappa shape index (κ1) is 16.4. The lowest BCUT2D eigenvalue weighted by Crippen LogP contribution is -2.17. The summed E-state index contributed by atoms with van der Waals surface area (Å²) >= 11 is 5.98. The minimum Gasteiger partial charge on any atom is -0.379 e. The molecule has 0 bridgehead atoms. The lowest BCUT2D eigenvalue weighted by molar-refractivity contribution is 0.879. The van der Waals surface area contributed by atoms with Crippen LogP contribution in [0.2, 0.25) is 5.02 Å². The van der Waals surface area contributed by atoms with E-state index in [9.17, 15) is 4.79 Å². The third kappa shape index (κ3) is 3.32. The fourth-order valence-electron chi connectivity index (χ4n) is 2.73. The molecule has 4 aromatic rings. The number of anilines is 1. The van der Waals surface area contributed by atoms with E-state index in [-0.39, 0.29) is 5.56 Å².